The topological polar surface area (TPSA) is 167 Å². The monoisotopic (exact) mass is 443 g/mol. The van der Waals surface area contributed by atoms with Crippen molar-refractivity contribution in [3.8, 4) is 6.07 Å². The van der Waals surface area contributed by atoms with E-state index in [-0.39, 0.29) is 34.1 Å². The highest BCUT2D eigenvalue weighted by Gasteiger charge is 2.29. The van der Waals surface area contributed by atoms with Gasteiger partial charge in [0, 0.05) is 31.0 Å². The second-order valence-corrected chi connectivity index (χ2v) is 6.81. The first-order chi connectivity index (χ1) is 15.9. The van der Waals surface area contributed by atoms with Crippen molar-refractivity contribution in [3.05, 3.63) is 88.9 Å². The van der Waals surface area contributed by atoms with Crippen LogP contribution < -0.4 is 11.5 Å². The van der Waals surface area contributed by atoms with E-state index in [1.54, 1.807) is 29.2 Å². The first-order valence-corrected chi connectivity index (χ1v) is 10.0. The van der Waals surface area contributed by atoms with E-state index in [4.69, 9.17) is 27.5 Å². The summed E-state index contributed by atoms with van der Waals surface area (Å²) in [5.41, 5.74) is 13.0. The number of aliphatic imine (C=N–C) groups is 1. The van der Waals surface area contributed by atoms with Crippen LogP contribution in [0.3, 0.4) is 0 Å². The van der Waals surface area contributed by atoms with Crippen LogP contribution in [0.1, 0.15) is 29.4 Å². The molecular weight excluding hydrogens is 421 g/mol. The number of hydrogen-bond acceptors (Lipinski definition) is 7. The molecule has 0 fully saturated rings. The number of aromatic nitrogens is 3. The number of hydrogen-bond donors (Lipinski definition) is 4. The molecule has 0 unspecified atom stereocenters. The molecule has 0 radical (unpaired) electrons. The zero-order valence-corrected chi connectivity index (χ0v) is 17.9. The van der Waals surface area contributed by atoms with E-state index in [0.717, 1.165) is 5.69 Å². The van der Waals surface area contributed by atoms with Gasteiger partial charge < -0.3 is 11.5 Å². The highest BCUT2D eigenvalue weighted by Crippen LogP contribution is 2.28. The van der Waals surface area contributed by atoms with E-state index in [0.29, 0.717) is 24.4 Å². The Balaban J connectivity index is 0.000000323. The third-order valence-electron chi connectivity index (χ3n) is 4.82. The lowest BCUT2D eigenvalue weighted by molar-refractivity contribution is 0.621. The molecule has 0 atom stereocenters. The number of amidine groups is 1. The second kappa shape index (κ2) is 10.2. The lowest BCUT2D eigenvalue weighted by Crippen LogP contribution is -2.30. The number of dihydropyridines is 1. The van der Waals surface area contributed by atoms with E-state index in [9.17, 15) is 4.39 Å². The van der Waals surface area contributed by atoms with Gasteiger partial charge in [0.1, 0.15) is 17.6 Å². The summed E-state index contributed by atoms with van der Waals surface area (Å²) < 4.78 is 16.3. The third-order valence-corrected chi connectivity index (χ3v) is 4.82. The molecule has 0 saturated heterocycles. The Kier molecular flexibility index (Phi) is 7.17. The molecule has 4 rings (SSSR count). The lowest BCUT2D eigenvalue weighted by atomic mass is 9.92. The molecule has 1 aliphatic heterocycles. The van der Waals surface area contributed by atoms with Crippen LogP contribution in [0.25, 0.3) is 5.57 Å². The van der Waals surface area contributed by atoms with Crippen LogP contribution in [0.4, 0.5) is 4.39 Å². The van der Waals surface area contributed by atoms with Crippen molar-refractivity contribution < 1.29 is 4.39 Å². The molecule has 9 nitrogen and oxygen atoms in total. The minimum absolute atomic E-state index is 0.0203. The lowest BCUT2D eigenvalue weighted by Gasteiger charge is -2.21. The van der Waals surface area contributed by atoms with Gasteiger partial charge in [-0.3, -0.25) is 20.5 Å². The van der Waals surface area contributed by atoms with Gasteiger partial charge in [0.15, 0.2) is 5.84 Å². The van der Waals surface area contributed by atoms with Gasteiger partial charge in [0.05, 0.1) is 33.9 Å². The summed E-state index contributed by atoms with van der Waals surface area (Å²) in [6, 6.07) is 13.5. The molecule has 3 aromatic rings. The van der Waals surface area contributed by atoms with Crippen LogP contribution in [-0.2, 0) is 13.1 Å². The minimum atomic E-state index is -0.738. The summed E-state index contributed by atoms with van der Waals surface area (Å²) in [6.07, 6.45) is 3.31. The number of nitrogens with zero attached hydrogens (tertiary/aromatic N) is 5. The Morgan fingerprint density at radius 3 is 2.52 bits per heavy atom. The fourth-order valence-electron chi connectivity index (χ4n) is 3.18. The summed E-state index contributed by atoms with van der Waals surface area (Å²) in [6.45, 7) is 2.95. The van der Waals surface area contributed by atoms with Crippen molar-refractivity contribution in [2.45, 2.75) is 20.0 Å². The molecule has 6 N–H and O–H groups in total. The summed E-state index contributed by atoms with van der Waals surface area (Å²) in [7, 11) is 0. The summed E-state index contributed by atoms with van der Waals surface area (Å²) in [4.78, 5) is 8.05. The normalized spacial score (nSPS) is 13.2. The molecule has 1 aromatic carbocycles. The molecule has 0 amide bonds. The van der Waals surface area contributed by atoms with E-state index < -0.39 is 5.82 Å². The Hall–Kier alpha value is -4.49. The Labute approximate surface area is 189 Å². The molecule has 166 valence electrons. The van der Waals surface area contributed by atoms with Gasteiger partial charge in [-0.05, 0) is 37.3 Å². The van der Waals surface area contributed by atoms with Crippen LogP contribution in [-0.4, -0.2) is 32.0 Å². The van der Waals surface area contributed by atoms with Gasteiger partial charge in [-0.1, -0.05) is 12.1 Å². The molecule has 0 aliphatic carbocycles. The maximum absolute atomic E-state index is 14.7. The van der Waals surface area contributed by atoms with Gasteiger partial charge in [0.25, 0.3) is 0 Å². The fourth-order valence-corrected chi connectivity index (χ4v) is 3.18. The number of halogens is 1. The SMILES string of the molecule is CCn1nccc1C1=C(N)C(=N)C(=N)N=C1c1cccc(C#N)c1F.NCc1ccccn1. The van der Waals surface area contributed by atoms with Gasteiger partial charge in [0.2, 0.25) is 0 Å². The maximum atomic E-state index is 14.7. The molecule has 10 heteroatoms. The molecule has 0 bridgehead atoms. The quantitative estimate of drug-likeness (QED) is 0.485. The van der Waals surface area contributed by atoms with E-state index in [1.165, 1.54) is 18.2 Å². The van der Waals surface area contributed by atoms with E-state index in [1.807, 2.05) is 25.1 Å². The Morgan fingerprint density at radius 1 is 1.12 bits per heavy atom. The number of benzene rings is 1. The van der Waals surface area contributed by atoms with Gasteiger partial charge in [-0.2, -0.15) is 10.4 Å². The molecule has 0 spiro atoms. The smallest absolute Gasteiger partial charge is 0.172 e. The highest BCUT2D eigenvalue weighted by atomic mass is 19.1. The molecule has 2 aromatic heterocycles. The van der Waals surface area contributed by atoms with Crippen molar-refractivity contribution >= 4 is 22.8 Å². The molecule has 0 saturated carbocycles. The maximum Gasteiger partial charge on any atom is 0.172 e. The first kappa shape index (κ1) is 23.2. The van der Waals surface area contributed by atoms with Crippen LogP contribution in [0.5, 0.6) is 0 Å². The number of allylic oxidation sites excluding steroid dienone is 1. The fraction of sp³-hybridized carbons (Fsp3) is 0.130. The van der Waals surface area contributed by atoms with Crippen molar-refractivity contribution in [3.63, 3.8) is 0 Å². The summed E-state index contributed by atoms with van der Waals surface area (Å²) in [5, 5.41) is 29.0. The Morgan fingerprint density at radius 2 is 1.91 bits per heavy atom. The van der Waals surface area contributed by atoms with Crippen LogP contribution >= 0.6 is 0 Å². The zero-order valence-electron chi connectivity index (χ0n) is 17.9. The number of nitrogens with two attached hydrogens (primary N) is 2. The largest absolute Gasteiger partial charge is 0.396 e. The van der Waals surface area contributed by atoms with Crippen LogP contribution in [0.2, 0.25) is 0 Å². The molecule has 33 heavy (non-hydrogen) atoms. The van der Waals surface area contributed by atoms with E-state index >= 15 is 0 Å². The zero-order chi connectivity index (χ0) is 24.0. The van der Waals surface area contributed by atoms with Crippen LogP contribution in [0, 0.1) is 28.0 Å². The summed E-state index contributed by atoms with van der Waals surface area (Å²) in [5.74, 6) is -1.10. The number of pyridine rings is 1. The number of nitriles is 1. The first-order valence-electron chi connectivity index (χ1n) is 10.0. The average Bonchev–Trinajstić information content (AvgIpc) is 3.32. The molecule has 3 heterocycles. The number of aryl methyl sites for hydroxylation is 1. The standard InChI is InChI=1S/C17H14FN7.C6H8N2/c1-2-25-11(6-7-23-25)12-14(20)15(21)17(22)24-16(12)10-5-3-4-9(8-19)13(10)18;7-5-6-3-1-2-4-8-6/h3-7,21-22H,2,20H2,1H3;1-4H,5,7H2. The van der Waals surface area contributed by atoms with Crippen molar-refractivity contribution in [1.29, 1.82) is 16.1 Å². The average molecular weight is 443 g/mol. The summed E-state index contributed by atoms with van der Waals surface area (Å²) >= 11 is 0. The van der Waals surface area contributed by atoms with E-state index in [2.05, 4.69) is 15.1 Å². The van der Waals surface area contributed by atoms with Crippen molar-refractivity contribution in [1.82, 2.24) is 14.8 Å². The predicted octanol–water partition coefficient (Wildman–Crippen LogP) is 2.62. The Bertz CT molecular complexity index is 1300. The number of rotatable bonds is 4. The molecule has 1 aliphatic rings. The second-order valence-electron chi connectivity index (χ2n) is 6.81. The number of nitrogens with one attached hydrogen (secondary N) is 2. The van der Waals surface area contributed by atoms with Gasteiger partial charge in [-0.15, -0.1) is 0 Å². The van der Waals surface area contributed by atoms with Gasteiger partial charge in [-0.25, -0.2) is 9.38 Å². The molecular formula is C23H22FN9. The van der Waals surface area contributed by atoms with Gasteiger partial charge >= 0.3 is 0 Å². The minimum Gasteiger partial charge on any atom is -0.396 e. The van der Waals surface area contributed by atoms with Crippen LogP contribution in [0.15, 0.2) is 65.5 Å². The third kappa shape index (κ3) is 4.73. The van der Waals surface area contributed by atoms with Crippen molar-refractivity contribution in [2.24, 2.45) is 16.5 Å². The predicted molar refractivity (Wildman–Crippen MR) is 124 cm³/mol. The highest BCUT2D eigenvalue weighted by molar-refractivity contribution is 6.55. The van der Waals surface area contributed by atoms with Crippen molar-refractivity contribution in [2.75, 3.05) is 0 Å².